The van der Waals surface area contributed by atoms with Crippen LogP contribution in [0.4, 0.5) is 11.4 Å². The molecule has 1 heterocycles. The lowest BCUT2D eigenvalue weighted by Crippen LogP contribution is -2.44. The average Bonchev–Trinajstić information content (AvgIpc) is 2.63. The number of halogens is 1. The summed E-state index contributed by atoms with van der Waals surface area (Å²) in [6, 6.07) is 13.2. The van der Waals surface area contributed by atoms with E-state index in [0.29, 0.717) is 11.4 Å². The van der Waals surface area contributed by atoms with Crippen molar-refractivity contribution in [1.82, 2.24) is 4.90 Å². The van der Waals surface area contributed by atoms with Gasteiger partial charge in [-0.3, -0.25) is 4.79 Å². The van der Waals surface area contributed by atoms with Crippen LogP contribution in [-0.4, -0.2) is 51.1 Å². The molecule has 0 bridgehead atoms. The number of hydrogen-bond donors (Lipinski definition) is 1. The van der Waals surface area contributed by atoms with Crippen LogP contribution in [0.25, 0.3) is 0 Å². The number of ether oxygens (including phenoxy) is 1. The second kappa shape index (κ2) is 8.43. The Hall–Kier alpha value is -2.24. The van der Waals surface area contributed by atoms with E-state index >= 15 is 0 Å². The van der Waals surface area contributed by atoms with E-state index in [2.05, 4.69) is 22.2 Å². The minimum Gasteiger partial charge on any atom is -0.497 e. The van der Waals surface area contributed by atoms with Gasteiger partial charge in [0.25, 0.3) is 0 Å². The maximum Gasteiger partial charge on any atom is 0.228 e. The van der Waals surface area contributed by atoms with Crippen LogP contribution in [-0.2, 0) is 11.2 Å². The molecule has 2 aromatic carbocycles. The van der Waals surface area contributed by atoms with Crippen molar-refractivity contribution < 1.29 is 9.53 Å². The van der Waals surface area contributed by atoms with Gasteiger partial charge in [-0.15, -0.1) is 0 Å². The van der Waals surface area contributed by atoms with Gasteiger partial charge in [0.05, 0.1) is 24.9 Å². The number of methoxy groups -OCH3 is 1. The van der Waals surface area contributed by atoms with Crippen molar-refractivity contribution in [3.8, 4) is 5.75 Å². The lowest BCUT2D eigenvalue weighted by Gasteiger charge is -2.35. The third-order valence-electron chi connectivity index (χ3n) is 4.60. The molecule has 0 saturated carbocycles. The van der Waals surface area contributed by atoms with Crippen molar-refractivity contribution in [1.29, 1.82) is 0 Å². The molecule has 2 aromatic rings. The largest absolute Gasteiger partial charge is 0.497 e. The van der Waals surface area contributed by atoms with Crippen LogP contribution in [0.3, 0.4) is 0 Å². The van der Waals surface area contributed by atoms with E-state index in [1.807, 2.05) is 42.5 Å². The van der Waals surface area contributed by atoms with Gasteiger partial charge < -0.3 is 19.9 Å². The lowest BCUT2D eigenvalue weighted by molar-refractivity contribution is -0.115. The van der Waals surface area contributed by atoms with Crippen molar-refractivity contribution in [2.24, 2.45) is 0 Å². The summed E-state index contributed by atoms with van der Waals surface area (Å²) in [5.74, 6) is 0.717. The molecule has 0 spiro atoms. The van der Waals surface area contributed by atoms with Gasteiger partial charge in [0.15, 0.2) is 0 Å². The molecule has 0 aromatic heterocycles. The third-order valence-corrected chi connectivity index (χ3v) is 4.84. The Labute approximate surface area is 159 Å². The fraction of sp³-hybridized carbons (Fsp3) is 0.350. The van der Waals surface area contributed by atoms with Gasteiger partial charge in [0.2, 0.25) is 5.91 Å². The summed E-state index contributed by atoms with van der Waals surface area (Å²) in [7, 11) is 3.75. The zero-order valence-electron chi connectivity index (χ0n) is 15.2. The maximum absolute atomic E-state index is 12.5. The van der Waals surface area contributed by atoms with Crippen LogP contribution in [0.1, 0.15) is 5.56 Å². The SMILES string of the molecule is COc1ccc(CC(=O)Nc2cc(Cl)ccc2N2CCN(C)CC2)cc1. The standard InChI is InChI=1S/C20H24ClN3O2/c1-23-9-11-24(12-10-23)19-8-5-16(21)14-18(19)22-20(25)13-15-3-6-17(26-2)7-4-15/h3-8,14H,9-13H2,1-2H3,(H,22,25). The molecule has 138 valence electrons. The Kier molecular flexibility index (Phi) is 6.01. The number of rotatable bonds is 5. The van der Waals surface area contributed by atoms with Crippen LogP contribution in [0, 0.1) is 0 Å². The van der Waals surface area contributed by atoms with Gasteiger partial charge >= 0.3 is 0 Å². The molecular formula is C20H24ClN3O2. The third kappa shape index (κ3) is 4.68. The predicted octanol–water partition coefficient (Wildman–Crippen LogP) is 3.28. The van der Waals surface area contributed by atoms with E-state index in [9.17, 15) is 4.79 Å². The van der Waals surface area contributed by atoms with Crippen LogP contribution in [0.15, 0.2) is 42.5 Å². The quantitative estimate of drug-likeness (QED) is 0.873. The molecular weight excluding hydrogens is 350 g/mol. The molecule has 1 amide bonds. The first-order chi connectivity index (χ1) is 12.5. The number of benzene rings is 2. The Morgan fingerprint density at radius 1 is 1.12 bits per heavy atom. The van der Waals surface area contributed by atoms with Gasteiger partial charge in [-0.2, -0.15) is 0 Å². The number of amides is 1. The summed E-state index contributed by atoms with van der Waals surface area (Å²) >= 11 is 6.16. The fourth-order valence-electron chi connectivity index (χ4n) is 3.05. The molecule has 3 rings (SSSR count). The first-order valence-corrected chi connectivity index (χ1v) is 9.09. The van der Waals surface area contributed by atoms with Crippen molar-refractivity contribution in [2.75, 3.05) is 50.6 Å². The highest BCUT2D eigenvalue weighted by molar-refractivity contribution is 6.31. The molecule has 1 aliphatic rings. The molecule has 1 N–H and O–H groups in total. The first kappa shape index (κ1) is 18.5. The molecule has 0 unspecified atom stereocenters. The van der Waals surface area contributed by atoms with Gasteiger partial charge in [-0.05, 0) is 42.9 Å². The van der Waals surface area contributed by atoms with Crippen LogP contribution < -0.4 is 15.0 Å². The smallest absolute Gasteiger partial charge is 0.228 e. The maximum atomic E-state index is 12.5. The summed E-state index contributed by atoms with van der Waals surface area (Å²) in [4.78, 5) is 17.1. The number of piperazine rings is 1. The Balaban J connectivity index is 1.71. The summed E-state index contributed by atoms with van der Waals surface area (Å²) in [6.45, 7) is 3.86. The number of carbonyl (C=O) groups is 1. The van der Waals surface area contributed by atoms with Crippen LogP contribution >= 0.6 is 11.6 Å². The number of nitrogens with one attached hydrogen (secondary N) is 1. The fourth-order valence-corrected chi connectivity index (χ4v) is 3.23. The highest BCUT2D eigenvalue weighted by Gasteiger charge is 2.18. The second-order valence-electron chi connectivity index (χ2n) is 6.52. The van der Waals surface area contributed by atoms with E-state index in [0.717, 1.165) is 48.9 Å². The highest BCUT2D eigenvalue weighted by atomic mass is 35.5. The molecule has 0 radical (unpaired) electrons. The predicted molar refractivity (Wildman–Crippen MR) is 106 cm³/mol. The van der Waals surface area contributed by atoms with Gasteiger partial charge in [-0.25, -0.2) is 0 Å². The lowest BCUT2D eigenvalue weighted by atomic mass is 10.1. The van der Waals surface area contributed by atoms with Crippen molar-refractivity contribution in [3.05, 3.63) is 53.1 Å². The van der Waals surface area contributed by atoms with Crippen molar-refractivity contribution in [3.63, 3.8) is 0 Å². The molecule has 0 atom stereocenters. The first-order valence-electron chi connectivity index (χ1n) is 8.71. The Morgan fingerprint density at radius 2 is 1.81 bits per heavy atom. The number of carbonyl (C=O) groups excluding carboxylic acids is 1. The molecule has 1 saturated heterocycles. The number of nitrogens with zero attached hydrogens (tertiary/aromatic N) is 2. The monoisotopic (exact) mass is 373 g/mol. The molecule has 5 nitrogen and oxygen atoms in total. The highest BCUT2D eigenvalue weighted by Crippen LogP contribution is 2.30. The Bertz CT molecular complexity index is 756. The summed E-state index contributed by atoms with van der Waals surface area (Å²) in [6.07, 6.45) is 0.304. The summed E-state index contributed by atoms with van der Waals surface area (Å²) < 4.78 is 5.15. The minimum absolute atomic E-state index is 0.0622. The average molecular weight is 374 g/mol. The molecule has 6 heteroatoms. The zero-order chi connectivity index (χ0) is 18.5. The van der Waals surface area contributed by atoms with Crippen LogP contribution in [0.5, 0.6) is 5.75 Å². The van der Waals surface area contributed by atoms with E-state index in [-0.39, 0.29) is 5.91 Å². The van der Waals surface area contributed by atoms with Gasteiger partial charge in [-0.1, -0.05) is 23.7 Å². The van der Waals surface area contributed by atoms with E-state index in [4.69, 9.17) is 16.3 Å². The van der Waals surface area contributed by atoms with Gasteiger partial charge in [0, 0.05) is 31.2 Å². The van der Waals surface area contributed by atoms with Gasteiger partial charge in [0.1, 0.15) is 5.75 Å². The number of anilines is 2. The molecule has 1 aliphatic heterocycles. The molecule has 26 heavy (non-hydrogen) atoms. The number of likely N-dealkylation sites (N-methyl/N-ethyl adjacent to an activating group) is 1. The van der Waals surface area contributed by atoms with E-state index in [1.165, 1.54) is 0 Å². The second-order valence-corrected chi connectivity index (χ2v) is 6.96. The number of hydrogen-bond acceptors (Lipinski definition) is 4. The van der Waals surface area contributed by atoms with Crippen molar-refractivity contribution in [2.45, 2.75) is 6.42 Å². The minimum atomic E-state index is -0.0622. The summed E-state index contributed by atoms with van der Waals surface area (Å²) in [5.41, 5.74) is 2.72. The van der Waals surface area contributed by atoms with E-state index in [1.54, 1.807) is 7.11 Å². The summed E-state index contributed by atoms with van der Waals surface area (Å²) in [5, 5.41) is 3.64. The zero-order valence-corrected chi connectivity index (χ0v) is 15.9. The molecule has 0 aliphatic carbocycles. The normalized spacial score (nSPS) is 15.0. The topological polar surface area (TPSA) is 44.8 Å². The van der Waals surface area contributed by atoms with Crippen LogP contribution in [0.2, 0.25) is 5.02 Å². The van der Waals surface area contributed by atoms with E-state index < -0.39 is 0 Å². The molecule has 1 fully saturated rings. The Morgan fingerprint density at radius 3 is 2.46 bits per heavy atom. The van der Waals surface area contributed by atoms with Crippen molar-refractivity contribution >= 4 is 28.9 Å².